The Kier molecular flexibility index (Phi) is 4.38. The molecule has 2 aromatic rings. The van der Waals surface area contributed by atoms with Crippen molar-refractivity contribution in [2.45, 2.75) is 32.2 Å². The molecular formula is C17H21NOS. The summed E-state index contributed by atoms with van der Waals surface area (Å²) in [5.74, 6) is 1.07. The fourth-order valence-electron chi connectivity index (χ4n) is 2.69. The minimum atomic E-state index is 0.308. The highest BCUT2D eigenvalue weighted by molar-refractivity contribution is 7.10. The molecule has 3 rings (SSSR count). The van der Waals surface area contributed by atoms with Crippen LogP contribution in [0.3, 0.4) is 0 Å². The Morgan fingerprint density at radius 2 is 2.30 bits per heavy atom. The van der Waals surface area contributed by atoms with Crippen molar-refractivity contribution in [3.8, 4) is 5.75 Å². The smallest absolute Gasteiger partial charge is 0.122 e. The fourth-order valence-corrected chi connectivity index (χ4v) is 3.51. The molecule has 1 unspecified atom stereocenters. The summed E-state index contributed by atoms with van der Waals surface area (Å²) >= 11 is 1.82. The average molecular weight is 287 g/mol. The maximum Gasteiger partial charge on any atom is 0.122 e. The van der Waals surface area contributed by atoms with Crippen molar-refractivity contribution >= 4 is 11.3 Å². The van der Waals surface area contributed by atoms with Crippen LogP contribution in [0.1, 0.15) is 41.8 Å². The third-order valence-electron chi connectivity index (χ3n) is 3.69. The molecule has 0 bridgehead atoms. The number of hydrogen-bond acceptors (Lipinski definition) is 3. The first kappa shape index (κ1) is 13.7. The van der Waals surface area contributed by atoms with Crippen LogP contribution in [0, 0.1) is 0 Å². The minimum absolute atomic E-state index is 0.308. The van der Waals surface area contributed by atoms with E-state index in [1.165, 1.54) is 16.0 Å². The number of nitrogens with one attached hydrogen (secondary N) is 1. The molecule has 0 saturated heterocycles. The molecule has 0 radical (unpaired) electrons. The molecular weight excluding hydrogens is 266 g/mol. The highest BCUT2D eigenvalue weighted by Gasteiger charge is 2.17. The van der Waals surface area contributed by atoms with Crippen molar-refractivity contribution < 1.29 is 4.74 Å². The number of aryl methyl sites for hydroxylation is 1. The third kappa shape index (κ3) is 2.89. The number of ether oxygens (including phenoxy) is 1. The molecule has 1 aliphatic heterocycles. The Balaban J connectivity index is 1.90. The van der Waals surface area contributed by atoms with Crippen LogP contribution in [0.4, 0.5) is 0 Å². The number of rotatable bonds is 5. The summed E-state index contributed by atoms with van der Waals surface area (Å²) in [5, 5.41) is 5.81. The second-order valence-corrected chi connectivity index (χ2v) is 6.20. The lowest BCUT2D eigenvalue weighted by Gasteiger charge is -2.22. The van der Waals surface area contributed by atoms with Gasteiger partial charge >= 0.3 is 0 Å². The summed E-state index contributed by atoms with van der Waals surface area (Å²) in [6.45, 7) is 4.10. The van der Waals surface area contributed by atoms with Gasteiger partial charge < -0.3 is 10.1 Å². The zero-order chi connectivity index (χ0) is 13.8. The van der Waals surface area contributed by atoms with Gasteiger partial charge in [-0.25, -0.2) is 0 Å². The Morgan fingerprint density at radius 3 is 3.10 bits per heavy atom. The lowest BCUT2D eigenvalue weighted by Crippen LogP contribution is -2.22. The van der Waals surface area contributed by atoms with Gasteiger partial charge in [0.25, 0.3) is 0 Å². The van der Waals surface area contributed by atoms with Gasteiger partial charge in [0.1, 0.15) is 5.75 Å². The summed E-state index contributed by atoms with van der Waals surface area (Å²) in [4.78, 5) is 1.38. The number of hydrogen-bond donors (Lipinski definition) is 1. The van der Waals surface area contributed by atoms with Gasteiger partial charge in [-0.15, -0.1) is 11.3 Å². The molecule has 0 fully saturated rings. The summed E-state index contributed by atoms with van der Waals surface area (Å²) in [6, 6.07) is 11.3. The van der Waals surface area contributed by atoms with Crippen molar-refractivity contribution in [1.82, 2.24) is 5.32 Å². The van der Waals surface area contributed by atoms with Crippen molar-refractivity contribution in [1.29, 1.82) is 0 Å². The van der Waals surface area contributed by atoms with Crippen molar-refractivity contribution in [2.75, 3.05) is 13.2 Å². The molecule has 0 amide bonds. The lowest BCUT2D eigenvalue weighted by atomic mass is 9.98. The molecule has 0 aliphatic carbocycles. The molecule has 2 heterocycles. The maximum atomic E-state index is 5.71. The van der Waals surface area contributed by atoms with Gasteiger partial charge in [0.05, 0.1) is 12.6 Å². The van der Waals surface area contributed by atoms with Gasteiger partial charge in [0.2, 0.25) is 0 Å². The molecule has 1 aliphatic rings. The zero-order valence-corrected chi connectivity index (χ0v) is 12.7. The first-order valence-electron chi connectivity index (χ1n) is 7.41. The average Bonchev–Trinajstić information content (AvgIpc) is 3.02. The van der Waals surface area contributed by atoms with E-state index < -0.39 is 0 Å². The highest BCUT2D eigenvalue weighted by atomic mass is 32.1. The van der Waals surface area contributed by atoms with Crippen LogP contribution >= 0.6 is 11.3 Å². The second kappa shape index (κ2) is 6.42. The van der Waals surface area contributed by atoms with Crippen LogP contribution in [0.5, 0.6) is 5.75 Å². The van der Waals surface area contributed by atoms with E-state index in [0.717, 1.165) is 38.2 Å². The normalized spacial score (nSPS) is 15.4. The van der Waals surface area contributed by atoms with Crippen LogP contribution < -0.4 is 10.1 Å². The van der Waals surface area contributed by atoms with Gasteiger partial charge in [-0.2, -0.15) is 0 Å². The number of benzene rings is 1. The summed E-state index contributed by atoms with van der Waals surface area (Å²) < 4.78 is 5.71. The molecule has 2 nitrogen and oxygen atoms in total. The van der Waals surface area contributed by atoms with Crippen LogP contribution in [-0.4, -0.2) is 13.2 Å². The van der Waals surface area contributed by atoms with Crippen LogP contribution in [0.2, 0.25) is 0 Å². The van der Waals surface area contributed by atoms with Crippen LogP contribution in [0.25, 0.3) is 0 Å². The molecule has 20 heavy (non-hydrogen) atoms. The summed E-state index contributed by atoms with van der Waals surface area (Å²) in [6.07, 6.45) is 3.41. The monoisotopic (exact) mass is 287 g/mol. The van der Waals surface area contributed by atoms with Gasteiger partial charge in [-0.1, -0.05) is 25.1 Å². The van der Waals surface area contributed by atoms with E-state index in [2.05, 4.69) is 48.0 Å². The highest BCUT2D eigenvalue weighted by Crippen LogP contribution is 2.31. The lowest BCUT2D eigenvalue weighted by molar-refractivity contribution is 0.288. The fraction of sp³-hybridized carbons (Fsp3) is 0.412. The summed E-state index contributed by atoms with van der Waals surface area (Å²) in [7, 11) is 0. The molecule has 106 valence electrons. The molecule has 3 heteroatoms. The number of fused-ring (bicyclic) bond motifs is 1. The second-order valence-electron chi connectivity index (χ2n) is 5.22. The Labute approximate surface area is 124 Å². The van der Waals surface area contributed by atoms with Gasteiger partial charge in [-0.05, 0) is 54.4 Å². The van der Waals surface area contributed by atoms with Crippen LogP contribution in [0.15, 0.2) is 35.7 Å². The Hall–Kier alpha value is -1.32. The third-order valence-corrected chi connectivity index (χ3v) is 4.63. The van der Waals surface area contributed by atoms with E-state index in [1.54, 1.807) is 0 Å². The van der Waals surface area contributed by atoms with E-state index in [1.807, 2.05) is 11.3 Å². The van der Waals surface area contributed by atoms with Gasteiger partial charge in [0.15, 0.2) is 0 Å². The summed E-state index contributed by atoms with van der Waals surface area (Å²) in [5.41, 5.74) is 2.71. The van der Waals surface area contributed by atoms with E-state index in [9.17, 15) is 0 Å². The first-order chi connectivity index (χ1) is 9.88. The molecule has 1 N–H and O–H groups in total. The van der Waals surface area contributed by atoms with Gasteiger partial charge in [-0.3, -0.25) is 0 Å². The standard InChI is InChI=1S/C17H21NOS/c1-2-9-18-17(16-6-4-11-20-16)14-7-8-15-13(12-14)5-3-10-19-15/h4,6-8,11-12,17-18H,2-3,5,9-10H2,1H3. The predicted octanol–water partition coefficient (Wildman–Crippen LogP) is 4.16. The van der Waals surface area contributed by atoms with Gasteiger partial charge in [0, 0.05) is 4.88 Å². The molecule has 1 aromatic carbocycles. The Morgan fingerprint density at radius 1 is 1.35 bits per heavy atom. The molecule has 1 atom stereocenters. The molecule has 1 aromatic heterocycles. The van der Waals surface area contributed by atoms with Crippen molar-refractivity contribution in [3.63, 3.8) is 0 Å². The topological polar surface area (TPSA) is 21.3 Å². The van der Waals surface area contributed by atoms with E-state index >= 15 is 0 Å². The quantitative estimate of drug-likeness (QED) is 0.891. The minimum Gasteiger partial charge on any atom is -0.493 e. The SMILES string of the molecule is CCCNC(c1ccc2c(c1)CCCO2)c1cccs1. The van der Waals surface area contributed by atoms with E-state index in [0.29, 0.717) is 6.04 Å². The maximum absolute atomic E-state index is 5.71. The van der Waals surface area contributed by atoms with E-state index in [4.69, 9.17) is 4.74 Å². The Bertz CT molecular complexity index is 550. The predicted molar refractivity (Wildman–Crippen MR) is 84.7 cm³/mol. The van der Waals surface area contributed by atoms with Crippen LogP contribution in [-0.2, 0) is 6.42 Å². The largest absolute Gasteiger partial charge is 0.493 e. The molecule has 0 spiro atoms. The number of thiophene rings is 1. The molecule has 0 saturated carbocycles. The zero-order valence-electron chi connectivity index (χ0n) is 11.9. The van der Waals surface area contributed by atoms with E-state index in [-0.39, 0.29) is 0 Å². The van der Waals surface area contributed by atoms with Crippen molar-refractivity contribution in [2.24, 2.45) is 0 Å². The first-order valence-corrected chi connectivity index (χ1v) is 8.29. The van der Waals surface area contributed by atoms with Crippen molar-refractivity contribution in [3.05, 3.63) is 51.7 Å².